The Labute approximate surface area is 95.6 Å². The molecule has 1 aromatic heterocycles. The monoisotopic (exact) mass is 230 g/mol. The minimum absolute atomic E-state index is 0. The van der Waals surface area contributed by atoms with Crippen molar-refractivity contribution in [1.29, 1.82) is 0 Å². The summed E-state index contributed by atoms with van der Waals surface area (Å²) in [5.41, 5.74) is 0. The third-order valence-corrected chi connectivity index (χ3v) is 2.26. The second-order valence-electron chi connectivity index (χ2n) is 1.26. The summed E-state index contributed by atoms with van der Waals surface area (Å²) in [7, 11) is 0. The normalized spacial score (nSPS) is 8.11. The molecular formula is C5H3ArBrOS. The molecule has 1 heterocycles. The van der Waals surface area contributed by atoms with Gasteiger partial charge < -0.3 is 0 Å². The first kappa shape index (κ1) is 10.1. The number of rotatable bonds is 1. The molecule has 0 radical (unpaired) electrons. The van der Waals surface area contributed by atoms with E-state index in [4.69, 9.17) is 0 Å². The van der Waals surface area contributed by atoms with E-state index in [1.54, 1.807) is 6.07 Å². The van der Waals surface area contributed by atoms with Gasteiger partial charge in [0, 0.05) is 37.7 Å². The van der Waals surface area contributed by atoms with E-state index in [9.17, 15) is 4.79 Å². The number of thiophene rings is 1. The van der Waals surface area contributed by atoms with E-state index < -0.39 is 0 Å². The summed E-state index contributed by atoms with van der Waals surface area (Å²) in [4.78, 5) is 10.8. The number of carbonyl (C=O) groups is 1. The van der Waals surface area contributed by atoms with Crippen LogP contribution in [-0.4, -0.2) is 6.29 Å². The molecule has 0 aliphatic heterocycles. The maximum atomic E-state index is 10.0. The van der Waals surface area contributed by atoms with Crippen molar-refractivity contribution in [2.75, 3.05) is 0 Å². The van der Waals surface area contributed by atoms with Crippen LogP contribution in [0.15, 0.2) is 15.9 Å². The van der Waals surface area contributed by atoms with Crippen LogP contribution in [0.3, 0.4) is 0 Å². The molecule has 0 bridgehead atoms. The Balaban J connectivity index is 0.000000640. The number of hydrogen-bond donors (Lipinski definition) is 0. The van der Waals surface area contributed by atoms with Crippen LogP contribution in [0.25, 0.3) is 0 Å². The zero-order valence-electron chi connectivity index (χ0n) is 4.28. The van der Waals surface area contributed by atoms with Gasteiger partial charge in [0.1, 0.15) is 0 Å². The van der Waals surface area contributed by atoms with Crippen molar-refractivity contribution in [3.8, 4) is 0 Å². The Morgan fingerprint density at radius 3 is 2.44 bits per heavy atom. The van der Waals surface area contributed by atoms with Gasteiger partial charge in [-0.25, -0.2) is 0 Å². The van der Waals surface area contributed by atoms with Crippen LogP contribution in [0.4, 0.5) is 0 Å². The SMILES string of the molecule is O=Cc1ccc(Br)s1.[Ar]. The fraction of sp³-hybridized carbons (Fsp3) is 0. The Morgan fingerprint density at radius 2 is 2.22 bits per heavy atom. The summed E-state index contributed by atoms with van der Waals surface area (Å²) in [6.07, 6.45) is 0.843. The molecule has 0 amide bonds. The van der Waals surface area contributed by atoms with Crippen molar-refractivity contribution in [1.82, 2.24) is 0 Å². The van der Waals surface area contributed by atoms with Gasteiger partial charge in [0.05, 0.1) is 8.66 Å². The molecule has 0 saturated carbocycles. The molecule has 1 aromatic rings. The molecule has 50 valence electrons. The number of carbonyl (C=O) groups excluding carboxylic acids is 1. The van der Waals surface area contributed by atoms with Crippen molar-refractivity contribution >= 4 is 33.6 Å². The van der Waals surface area contributed by atoms with Gasteiger partial charge in [0.25, 0.3) is 0 Å². The van der Waals surface area contributed by atoms with Gasteiger partial charge in [-0.3, -0.25) is 4.79 Å². The third-order valence-electron chi connectivity index (χ3n) is 0.710. The number of hydrogen-bond acceptors (Lipinski definition) is 2. The van der Waals surface area contributed by atoms with Crippen molar-refractivity contribution in [3.05, 3.63) is 20.8 Å². The van der Waals surface area contributed by atoms with Gasteiger partial charge in [0.2, 0.25) is 0 Å². The summed E-state index contributed by atoms with van der Waals surface area (Å²) < 4.78 is 1.000. The second-order valence-corrected chi connectivity index (χ2v) is 3.75. The minimum atomic E-state index is 0. The molecule has 0 aromatic carbocycles. The summed E-state index contributed by atoms with van der Waals surface area (Å²) in [6.45, 7) is 0. The molecule has 0 N–H and O–H groups in total. The molecule has 0 spiro atoms. The molecule has 0 aliphatic rings. The van der Waals surface area contributed by atoms with E-state index in [-0.39, 0.29) is 37.7 Å². The first-order valence-electron chi connectivity index (χ1n) is 2.03. The van der Waals surface area contributed by atoms with E-state index in [1.165, 1.54) is 11.3 Å². The van der Waals surface area contributed by atoms with E-state index in [0.29, 0.717) is 0 Å². The fourth-order valence-electron chi connectivity index (χ4n) is 0.392. The summed E-state index contributed by atoms with van der Waals surface area (Å²) in [5.74, 6) is 0. The fourth-order valence-corrected chi connectivity index (χ4v) is 1.63. The van der Waals surface area contributed by atoms with Crippen molar-refractivity contribution < 1.29 is 42.5 Å². The molecule has 0 unspecified atom stereocenters. The van der Waals surface area contributed by atoms with Crippen LogP contribution in [-0.2, 0) is 0 Å². The Bertz CT molecular complexity index is 199. The average Bonchev–Trinajstić information content (AvgIpc) is 2.14. The molecule has 0 aliphatic carbocycles. The van der Waals surface area contributed by atoms with Gasteiger partial charge in [-0.1, -0.05) is 0 Å². The predicted molar refractivity (Wildman–Crippen MR) is 37.4 cm³/mol. The van der Waals surface area contributed by atoms with Crippen molar-refractivity contribution in [2.45, 2.75) is 0 Å². The Morgan fingerprint density at radius 1 is 1.56 bits per heavy atom. The van der Waals surface area contributed by atoms with Crippen LogP contribution < -0.4 is 0 Å². The van der Waals surface area contributed by atoms with Crippen LogP contribution >= 0.6 is 27.3 Å². The van der Waals surface area contributed by atoms with E-state index >= 15 is 0 Å². The molecule has 0 saturated heterocycles. The summed E-state index contributed by atoms with van der Waals surface area (Å²) in [6, 6.07) is 3.64. The minimum Gasteiger partial charge on any atom is -0.297 e. The molecule has 0 atom stereocenters. The number of aldehydes is 1. The van der Waals surface area contributed by atoms with Crippen LogP contribution in [0.5, 0.6) is 0 Å². The molecule has 9 heavy (non-hydrogen) atoms. The summed E-state index contributed by atoms with van der Waals surface area (Å²) in [5, 5.41) is 0. The largest absolute Gasteiger partial charge is 0.297 e. The first-order valence-corrected chi connectivity index (χ1v) is 3.64. The van der Waals surface area contributed by atoms with Gasteiger partial charge >= 0.3 is 0 Å². The zero-order chi connectivity index (χ0) is 5.98. The van der Waals surface area contributed by atoms with Gasteiger partial charge in [0.15, 0.2) is 6.29 Å². The Kier molecular flexibility index (Phi) is 5.45. The molecule has 1 nitrogen and oxygen atoms in total. The van der Waals surface area contributed by atoms with Gasteiger partial charge in [-0.2, -0.15) is 0 Å². The van der Waals surface area contributed by atoms with E-state index in [0.717, 1.165) is 14.9 Å². The quantitative estimate of drug-likeness (QED) is 0.678. The van der Waals surface area contributed by atoms with Gasteiger partial charge in [-0.15, -0.1) is 11.3 Å². The van der Waals surface area contributed by atoms with Crippen molar-refractivity contribution in [2.24, 2.45) is 0 Å². The van der Waals surface area contributed by atoms with Gasteiger partial charge in [-0.05, 0) is 28.1 Å². The standard InChI is InChI=1S/C5H3BrOS.Ar/c6-5-2-1-4(3-7)8-5;/h1-3H;. The van der Waals surface area contributed by atoms with E-state index in [1.807, 2.05) is 6.07 Å². The molecule has 1 rings (SSSR count). The first-order chi connectivity index (χ1) is 3.83. The molecule has 0 fully saturated rings. The van der Waals surface area contributed by atoms with Crippen LogP contribution in [0, 0.1) is 37.7 Å². The zero-order valence-corrected chi connectivity index (χ0v) is 7.39. The predicted octanol–water partition coefficient (Wildman–Crippen LogP) is 2.32. The van der Waals surface area contributed by atoms with Crippen LogP contribution in [0.2, 0.25) is 0 Å². The smallest absolute Gasteiger partial charge is 0.160 e. The maximum absolute atomic E-state index is 10.0. The van der Waals surface area contributed by atoms with Crippen molar-refractivity contribution in [3.63, 3.8) is 0 Å². The van der Waals surface area contributed by atoms with Crippen LogP contribution in [0.1, 0.15) is 9.67 Å². The molecule has 4 heteroatoms. The second kappa shape index (κ2) is 4.85. The molecular weight excluding hydrogens is 228 g/mol. The Hall–Kier alpha value is 1.11. The topological polar surface area (TPSA) is 17.1 Å². The maximum Gasteiger partial charge on any atom is 0.160 e. The average molecular weight is 231 g/mol. The van der Waals surface area contributed by atoms with E-state index in [2.05, 4.69) is 15.9 Å². The number of halogens is 1. The summed E-state index contributed by atoms with van der Waals surface area (Å²) >= 11 is 4.67. The third kappa shape index (κ3) is 3.14.